The number of aryl methyl sites for hydroxylation is 3. The van der Waals surface area contributed by atoms with Crippen molar-refractivity contribution < 1.29 is 0 Å². The van der Waals surface area contributed by atoms with Gasteiger partial charge in [-0.1, -0.05) is 328 Å². The normalized spacial score (nSPS) is 14.5. The van der Waals surface area contributed by atoms with Gasteiger partial charge in [0.15, 0.2) is 0 Å². The van der Waals surface area contributed by atoms with Crippen LogP contribution in [0.5, 0.6) is 0 Å². The Bertz CT molecular complexity index is 6010. The lowest BCUT2D eigenvalue weighted by molar-refractivity contribution is 0.661. The molecule has 0 heterocycles. The minimum atomic E-state index is -0.610. The van der Waals surface area contributed by atoms with Crippen LogP contribution in [0.3, 0.4) is 0 Å². The van der Waals surface area contributed by atoms with Crippen LogP contribution in [0.2, 0.25) is 0 Å². The van der Waals surface area contributed by atoms with Crippen LogP contribution in [0.25, 0.3) is 66.8 Å². The summed E-state index contributed by atoms with van der Waals surface area (Å²) in [7, 11) is 0. The molecule has 0 saturated carbocycles. The van der Waals surface area contributed by atoms with Crippen LogP contribution >= 0.6 is 0 Å². The van der Waals surface area contributed by atoms with Crippen molar-refractivity contribution in [2.45, 2.75) is 56.3 Å². The van der Waals surface area contributed by atoms with E-state index in [0.29, 0.717) is 0 Å². The molecule has 1 spiro atoms. The summed E-state index contributed by atoms with van der Waals surface area (Å²) in [5, 5.41) is 0. The first kappa shape index (κ1) is 62.7. The van der Waals surface area contributed by atoms with E-state index in [2.05, 4.69) is 414 Å². The van der Waals surface area contributed by atoms with Crippen molar-refractivity contribution >= 4 is 34.1 Å². The molecule has 5 aliphatic rings. The van der Waals surface area contributed by atoms with E-state index < -0.39 is 16.2 Å². The number of rotatable bonds is 11. The zero-order valence-electron chi connectivity index (χ0n) is 60.6. The number of hydrogen-bond donors (Lipinski definition) is 0. The zero-order chi connectivity index (χ0) is 71.5. The summed E-state index contributed by atoms with van der Waals surface area (Å²) in [5.41, 5.74) is 41.6. The number of anilines is 6. The summed E-state index contributed by atoms with van der Waals surface area (Å²) < 4.78 is 0. The van der Waals surface area contributed by atoms with Crippen molar-refractivity contribution in [3.8, 4) is 66.8 Å². The lowest BCUT2D eigenvalue weighted by Crippen LogP contribution is -2.29. The molecule has 2 nitrogen and oxygen atoms in total. The molecule has 16 aromatic rings. The number of hydrogen-bond acceptors (Lipinski definition) is 2. The molecule has 0 saturated heterocycles. The average molecular weight is 1370 g/mol. The van der Waals surface area contributed by atoms with Gasteiger partial charge in [-0.15, -0.1) is 0 Å². The molecule has 0 N–H and O–H groups in total. The Kier molecular flexibility index (Phi) is 13.8. The van der Waals surface area contributed by atoms with Gasteiger partial charge in [-0.25, -0.2) is 0 Å². The molecular weight excluding hydrogens is 1290 g/mol. The van der Waals surface area contributed by atoms with E-state index in [4.69, 9.17) is 0 Å². The van der Waals surface area contributed by atoms with Crippen LogP contribution in [0.4, 0.5) is 34.1 Å². The van der Waals surface area contributed by atoms with Gasteiger partial charge in [0, 0.05) is 33.9 Å². The molecule has 0 aromatic heterocycles. The first-order valence-corrected chi connectivity index (χ1v) is 37.8. The van der Waals surface area contributed by atoms with Gasteiger partial charge in [0.2, 0.25) is 0 Å². The second kappa shape index (κ2) is 23.6. The lowest BCUT2D eigenvalue weighted by atomic mass is 9.67. The Hall–Kier alpha value is -12.9. The highest BCUT2D eigenvalue weighted by atomic mass is 15.2. The molecule has 0 aliphatic heterocycles. The maximum Gasteiger partial charge on any atom is 0.0725 e. The molecular formula is C105H76N2. The molecule has 107 heavy (non-hydrogen) atoms. The summed E-state index contributed by atoms with van der Waals surface area (Å²) >= 11 is 0. The van der Waals surface area contributed by atoms with Crippen molar-refractivity contribution in [3.63, 3.8) is 0 Å². The van der Waals surface area contributed by atoms with E-state index in [0.717, 1.165) is 34.0 Å². The maximum absolute atomic E-state index is 2.55. The van der Waals surface area contributed by atoms with Gasteiger partial charge in [0.05, 0.1) is 21.9 Å². The summed E-state index contributed by atoms with van der Waals surface area (Å²) in [4.78, 5) is 5.09. The Morgan fingerprint density at radius 2 is 0.542 bits per heavy atom. The fourth-order valence-corrected chi connectivity index (χ4v) is 20.5. The minimum absolute atomic E-state index is 0.272. The van der Waals surface area contributed by atoms with Gasteiger partial charge in [-0.05, 0) is 238 Å². The van der Waals surface area contributed by atoms with Gasteiger partial charge in [0.25, 0.3) is 0 Å². The SMILES string of the molecule is Cc1ccc2c(c1)C(c1ccccc1)(c1ccccc1)c1cc(N(c3ccc(-c4ccc(N(c5ccc6c(c5)-c5ccccc5C65c6ccccc6-c6ccccc65)c5cccc6c5C(C)(C)c5ccccc5-6)cc4)c(C)c3)c3ccc4c(c3)C(c3ccccc3)(c3ccccc3)c3cc(C)ccc3-4)ccc1-2. The number of fused-ring (bicyclic) bond motifs is 19. The molecule has 506 valence electrons. The number of benzene rings is 16. The molecule has 0 fully saturated rings. The summed E-state index contributed by atoms with van der Waals surface area (Å²) in [6.07, 6.45) is 0. The van der Waals surface area contributed by atoms with Crippen molar-refractivity contribution in [2.75, 3.05) is 9.80 Å². The molecule has 5 aliphatic carbocycles. The highest BCUT2D eigenvalue weighted by Gasteiger charge is 2.53. The third-order valence-electron chi connectivity index (χ3n) is 24.8. The Morgan fingerprint density at radius 1 is 0.206 bits per heavy atom. The Morgan fingerprint density at radius 3 is 1.01 bits per heavy atom. The molecule has 0 bridgehead atoms. The Balaban J connectivity index is 0.740. The number of nitrogens with zero attached hydrogens (tertiary/aromatic N) is 2. The van der Waals surface area contributed by atoms with Gasteiger partial charge in [-0.3, -0.25) is 0 Å². The molecule has 16 aromatic carbocycles. The first-order chi connectivity index (χ1) is 52.6. The van der Waals surface area contributed by atoms with Gasteiger partial charge in [0.1, 0.15) is 0 Å². The first-order valence-electron chi connectivity index (χ1n) is 37.8. The molecule has 2 heteroatoms. The molecule has 0 amide bonds. The standard InChI is InChI=1S/C105H76N2/c1-67-45-55-85-87-58-52-78(65-98(87)103(96(85)61-67,71-27-10-6-11-28-71)72-29-12-7-13-30-72)106(79-53-59-88-86-56-46-68(2)62-97(86)104(99(88)66-79,73-31-14-8-15-32-73)74-33-16-9-17-34-74)76-51-57-80(69(3)63-76)70-47-49-75(50-48-70)107(100-44-26-39-89-83-37-18-22-40-91(83)102(4,5)101(89)100)77-54-60-95-90(64-77)84-38-21-25-43-94(84)105(95)92-41-23-19-35-81(92)82-36-20-24-42-93(82)105/h6-66H,1-5H3. The Labute approximate surface area is 627 Å². The second-order valence-corrected chi connectivity index (χ2v) is 30.7. The highest BCUT2D eigenvalue weighted by molar-refractivity contribution is 5.99. The summed E-state index contributed by atoms with van der Waals surface area (Å²) in [5.74, 6) is 0. The van der Waals surface area contributed by atoms with E-state index in [1.54, 1.807) is 0 Å². The smallest absolute Gasteiger partial charge is 0.0725 e. The molecule has 0 radical (unpaired) electrons. The predicted octanol–water partition coefficient (Wildman–Crippen LogP) is 26.6. The monoisotopic (exact) mass is 1360 g/mol. The summed E-state index contributed by atoms with van der Waals surface area (Å²) in [6.45, 7) is 11.6. The van der Waals surface area contributed by atoms with E-state index in [-0.39, 0.29) is 5.41 Å². The van der Waals surface area contributed by atoms with Crippen LogP contribution in [-0.2, 0) is 21.7 Å². The lowest BCUT2D eigenvalue weighted by Gasteiger charge is -2.36. The average Bonchev–Trinajstić information content (AvgIpc) is 1.50. The summed E-state index contributed by atoms with van der Waals surface area (Å²) in [6, 6.07) is 141. The van der Waals surface area contributed by atoms with Gasteiger partial charge in [-0.2, -0.15) is 0 Å². The quantitative estimate of drug-likeness (QED) is 0.127. The fourth-order valence-electron chi connectivity index (χ4n) is 20.5. The van der Waals surface area contributed by atoms with Crippen LogP contribution in [0.1, 0.15) is 108 Å². The third-order valence-corrected chi connectivity index (χ3v) is 24.8. The van der Waals surface area contributed by atoms with E-state index in [9.17, 15) is 0 Å². The topological polar surface area (TPSA) is 6.48 Å². The van der Waals surface area contributed by atoms with Gasteiger partial charge >= 0.3 is 0 Å². The van der Waals surface area contributed by atoms with Crippen molar-refractivity contribution in [3.05, 3.63) is 465 Å². The molecule has 0 unspecified atom stereocenters. The maximum atomic E-state index is 2.55. The van der Waals surface area contributed by atoms with E-state index >= 15 is 0 Å². The zero-order valence-corrected chi connectivity index (χ0v) is 60.6. The van der Waals surface area contributed by atoms with Crippen LogP contribution in [0.15, 0.2) is 370 Å². The van der Waals surface area contributed by atoms with Crippen molar-refractivity contribution in [2.24, 2.45) is 0 Å². The fraction of sp³-hybridized carbons (Fsp3) is 0.0857. The third kappa shape index (κ3) is 8.76. The van der Waals surface area contributed by atoms with Crippen molar-refractivity contribution in [1.29, 1.82) is 0 Å². The predicted molar refractivity (Wildman–Crippen MR) is 444 cm³/mol. The van der Waals surface area contributed by atoms with E-state index in [1.165, 1.54) is 161 Å². The molecule has 0 atom stereocenters. The van der Waals surface area contributed by atoms with Crippen LogP contribution in [0, 0.1) is 20.8 Å². The van der Waals surface area contributed by atoms with Crippen LogP contribution in [-0.4, -0.2) is 0 Å². The van der Waals surface area contributed by atoms with Crippen LogP contribution < -0.4 is 9.80 Å². The second-order valence-electron chi connectivity index (χ2n) is 30.7. The molecule has 21 rings (SSSR count). The van der Waals surface area contributed by atoms with Crippen molar-refractivity contribution in [1.82, 2.24) is 0 Å². The largest absolute Gasteiger partial charge is 0.310 e. The highest BCUT2D eigenvalue weighted by Crippen LogP contribution is 2.65. The van der Waals surface area contributed by atoms with E-state index in [1.807, 2.05) is 0 Å². The minimum Gasteiger partial charge on any atom is -0.310 e. The van der Waals surface area contributed by atoms with Gasteiger partial charge < -0.3 is 9.80 Å².